The quantitative estimate of drug-likeness (QED) is 0.493. The molecular formula is C23H22ClF2N5O3. The minimum absolute atomic E-state index is 0.166. The molecule has 178 valence electrons. The molecule has 1 aliphatic heterocycles. The molecule has 0 radical (unpaired) electrons. The first-order chi connectivity index (χ1) is 16.3. The number of hydrogen-bond donors (Lipinski definition) is 1. The van der Waals surface area contributed by atoms with Crippen LogP contribution in [0, 0.1) is 5.82 Å². The SMILES string of the molecule is O=C(O)COCC1(F)CCN(c2cncc(N(c3ccc(Cl)cc3)c3ccc(F)cn3)n2)CC1. The summed E-state index contributed by atoms with van der Waals surface area (Å²) in [5.41, 5.74) is -0.892. The van der Waals surface area contributed by atoms with Crippen molar-refractivity contribution in [3.8, 4) is 0 Å². The smallest absolute Gasteiger partial charge is 0.329 e. The minimum Gasteiger partial charge on any atom is -0.480 e. The van der Waals surface area contributed by atoms with E-state index in [9.17, 15) is 13.6 Å². The fourth-order valence-corrected chi connectivity index (χ4v) is 3.81. The topological polar surface area (TPSA) is 91.7 Å². The van der Waals surface area contributed by atoms with Crippen LogP contribution >= 0.6 is 11.6 Å². The van der Waals surface area contributed by atoms with Crippen molar-refractivity contribution < 1.29 is 23.4 Å². The Morgan fingerprint density at radius 2 is 1.85 bits per heavy atom. The summed E-state index contributed by atoms with van der Waals surface area (Å²) in [6.45, 7) is -0.0675. The maximum Gasteiger partial charge on any atom is 0.329 e. The lowest BCUT2D eigenvalue weighted by atomic mass is 9.94. The third-order valence-electron chi connectivity index (χ3n) is 5.43. The van der Waals surface area contributed by atoms with Crippen LogP contribution in [0.25, 0.3) is 0 Å². The predicted octanol–water partition coefficient (Wildman–Crippen LogP) is 4.54. The number of hydrogen-bond acceptors (Lipinski definition) is 7. The minimum atomic E-state index is -1.59. The molecule has 0 bridgehead atoms. The number of rotatable bonds is 8. The molecule has 0 amide bonds. The molecule has 0 spiro atoms. The average Bonchev–Trinajstić information content (AvgIpc) is 2.82. The second kappa shape index (κ2) is 10.3. The van der Waals surface area contributed by atoms with Gasteiger partial charge in [0, 0.05) is 36.6 Å². The zero-order chi connectivity index (χ0) is 24.1. The van der Waals surface area contributed by atoms with E-state index in [0.717, 1.165) is 6.20 Å². The molecule has 3 aromatic rings. The van der Waals surface area contributed by atoms with Gasteiger partial charge in [-0.25, -0.2) is 23.5 Å². The molecule has 0 saturated carbocycles. The number of anilines is 4. The van der Waals surface area contributed by atoms with Gasteiger partial charge in [-0.05, 0) is 36.4 Å². The monoisotopic (exact) mass is 489 g/mol. The van der Waals surface area contributed by atoms with Crippen LogP contribution in [0.1, 0.15) is 12.8 Å². The number of alkyl halides is 1. The zero-order valence-electron chi connectivity index (χ0n) is 18.1. The van der Waals surface area contributed by atoms with Crippen molar-refractivity contribution in [2.24, 2.45) is 0 Å². The number of aliphatic carboxylic acids is 1. The number of aromatic nitrogens is 3. The van der Waals surface area contributed by atoms with E-state index in [2.05, 4.69) is 9.97 Å². The van der Waals surface area contributed by atoms with Crippen LogP contribution in [0.2, 0.25) is 5.02 Å². The normalized spacial score (nSPS) is 15.2. The van der Waals surface area contributed by atoms with Crippen molar-refractivity contribution in [1.82, 2.24) is 15.0 Å². The van der Waals surface area contributed by atoms with Crippen LogP contribution in [0.15, 0.2) is 55.0 Å². The van der Waals surface area contributed by atoms with Crippen LogP contribution in [0.5, 0.6) is 0 Å². The van der Waals surface area contributed by atoms with Gasteiger partial charge in [0.25, 0.3) is 0 Å². The number of carboxylic acid groups (broad SMARTS) is 1. The number of benzene rings is 1. The summed E-state index contributed by atoms with van der Waals surface area (Å²) >= 11 is 6.04. The molecule has 0 atom stereocenters. The molecule has 3 heterocycles. The maximum atomic E-state index is 15.0. The maximum absolute atomic E-state index is 15.0. The molecule has 4 rings (SSSR count). The van der Waals surface area contributed by atoms with Crippen LogP contribution in [0.3, 0.4) is 0 Å². The van der Waals surface area contributed by atoms with Gasteiger partial charge < -0.3 is 14.7 Å². The van der Waals surface area contributed by atoms with Crippen molar-refractivity contribution in [3.05, 3.63) is 65.8 Å². The lowest BCUT2D eigenvalue weighted by Gasteiger charge is -2.36. The van der Waals surface area contributed by atoms with Gasteiger partial charge >= 0.3 is 5.97 Å². The van der Waals surface area contributed by atoms with Gasteiger partial charge in [0.1, 0.15) is 29.7 Å². The number of nitrogens with zero attached hydrogens (tertiary/aromatic N) is 5. The molecule has 11 heteroatoms. The van der Waals surface area contributed by atoms with Crippen molar-refractivity contribution >= 4 is 40.7 Å². The van der Waals surface area contributed by atoms with E-state index in [4.69, 9.17) is 26.4 Å². The molecule has 0 aliphatic carbocycles. The van der Waals surface area contributed by atoms with Gasteiger partial charge in [-0.15, -0.1) is 0 Å². The summed E-state index contributed by atoms with van der Waals surface area (Å²) in [6, 6.07) is 9.87. The van der Waals surface area contributed by atoms with E-state index in [0.29, 0.717) is 41.3 Å². The highest BCUT2D eigenvalue weighted by Crippen LogP contribution is 2.34. The summed E-state index contributed by atoms with van der Waals surface area (Å²) in [7, 11) is 0. The highest BCUT2D eigenvalue weighted by Gasteiger charge is 2.35. The Morgan fingerprint density at radius 3 is 2.50 bits per heavy atom. The number of carbonyl (C=O) groups is 1. The summed E-state index contributed by atoms with van der Waals surface area (Å²) in [5, 5.41) is 9.24. The van der Waals surface area contributed by atoms with Crippen molar-refractivity contribution in [3.63, 3.8) is 0 Å². The third kappa shape index (κ3) is 5.75. The first kappa shape index (κ1) is 23.8. The fourth-order valence-electron chi connectivity index (χ4n) is 3.68. The number of halogens is 3. The van der Waals surface area contributed by atoms with Crippen LogP contribution in [0.4, 0.5) is 31.9 Å². The van der Waals surface area contributed by atoms with Crippen molar-refractivity contribution in [2.45, 2.75) is 18.5 Å². The average molecular weight is 490 g/mol. The molecule has 1 aliphatic rings. The van der Waals surface area contributed by atoms with Gasteiger partial charge in [-0.2, -0.15) is 0 Å². The molecule has 1 saturated heterocycles. The Bertz CT molecular complexity index is 1080. The van der Waals surface area contributed by atoms with Gasteiger partial charge in [0.15, 0.2) is 5.82 Å². The lowest BCUT2D eigenvalue weighted by Crippen LogP contribution is -2.45. The van der Waals surface area contributed by atoms with E-state index < -0.39 is 24.1 Å². The van der Waals surface area contributed by atoms with Crippen molar-refractivity contribution in [1.29, 1.82) is 0 Å². The Hall–Kier alpha value is -3.37. The van der Waals surface area contributed by atoms with Crippen LogP contribution in [-0.4, -0.2) is 58.0 Å². The molecule has 0 unspecified atom stereocenters. The second-order valence-corrected chi connectivity index (χ2v) is 8.34. The first-order valence-corrected chi connectivity index (χ1v) is 10.9. The molecule has 1 N–H and O–H groups in total. The van der Waals surface area contributed by atoms with Gasteiger partial charge in [0.05, 0.1) is 25.2 Å². The highest BCUT2D eigenvalue weighted by atomic mass is 35.5. The van der Waals surface area contributed by atoms with E-state index in [1.165, 1.54) is 12.1 Å². The first-order valence-electron chi connectivity index (χ1n) is 10.6. The summed E-state index contributed by atoms with van der Waals surface area (Å²) in [6.07, 6.45) is 4.60. The number of pyridine rings is 1. The molecule has 2 aromatic heterocycles. The summed E-state index contributed by atoms with van der Waals surface area (Å²) in [4.78, 5) is 27.4. The van der Waals surface area contributed by atoms with E-state index in [-0.39, 0.29) is 19.4 Å². The van der Waals surface area contributed by atoms with Gasteiger partial charge in [0.2, 0.25) is 0 Å². The summed E-state index contributed by atoms with van der Waals surface area (Å²) in [5.74, 6) is -0.163. The van der Waals surface area contributed by atoms with E-state index in [1.54, 1.807) is 41.6 Å². The predicted molar refractivity (Wildman–Crippen MR) is 123 cm³/mol. The van der Waals surface area contributed by atoms with E-state index >= 15 is 0 Å². The zero-order valence-corrected chi connectivity index (χ0v) is 18.8. The Labute approximate surface area is 199 Å². The molecule has 8 nitrogen and oxygen atoms in total. The van der Waals surface area contributed by atoms with E-state index in [1.807, 2.05) is 4.90 Å². The Balaban J connectivity index is 1.55. The number of carboxylic acids is 1. The third-order valence-corrected chi connectivity index (χ3v) is 5.69. The van der Waals surface area contributed by atoms with Gasteiger partial charge in [-0.3, -0.25) is 9.88 Å². The molecular weight excluding hydrogens is 468 g/mol. The lowest BCUT2D eigenvalue weighted by molar-refractivity contribution is -0.144. The summed E-state index contributed by atoms with van der Waals surface area (Å²) < 4.78 is 33.5. The molecule has 1 fully saturated rings. The number of ether oxygens (including phenoxy) is 1. The number of piperidine rings is 1. The highest BCUT2D eigenvalue weighted by molar-refractivity contribution is 6.30. The fraction of sp³-hybridized carbons (Fsp3) is 0.304. The standard InChI is InChI=1S/C23H22ClF2N5O3/c24-16-1-4-18(5-2-16)31(19-6-3-17(25)11-28-19)21-13-27-12-20(29-21)30-9-7-23(26,8-10-30)15-34-14-22(32)33/h1-6,11-13H,7-10,14-15H2,(H,32,33). The van der Waals surface area contributed by atoms with Crippen molar-refractivity contribution in [2.75, 3.05) is 36.1 Å². The van der Waals surface area contributed by atoms with Crippen LogP contribution in [-0.2, 0) is 9.53 Å². The Morgan fingerprint density at radius 1 is 1.12 bits per heavy atom. The van der Waals surface area contributed by atoms with Crippen LogP contribution < -0.4 is 9.80 Å². The Kier molecular flexibility index (Phi) is 7.18. The van der Waals surface area contributed by atoms with Gasteiger partial charge in [-0.1, -0.05) is 11.6 Å². The molecule has 34 heavy (non-hydrogen) atoms. The molecule has 1 aromatic carbocycles. The second-order valence-electron chi connectivity index (χ2n) is 7.91. The largest absolute Gasteiger partial charge is 0.480 e.